The van der Waals surface area contributed by atoms with Gasteiger partial charge in [0.05, 0.1) is 12.7 Å². The number of carbonyl (C=O) groups is 2. The Bertz CT molecular complexity index is 748. The van der Waals surface area contributed by atoms with Crippen LogP contribution in [0.15, 0.2) is 42.5 Å². The predicted molar refractivity (Wildman–Crippen MR) is 88.3 cm³/mol. The Labute approximate surface area is 144 Å². The largest absolute Gasteiger partial charge is 0.493 e. The number of nitrogens with two attached hydrogens (primary N) is 1. The van der Waals surface area contributed by atoms with E-state index in [0.29, 0.717) is 16.5 Å². The minimum atomic E-state index is -0.727. The quantitative estimate of drug-likeness (QED) is 0.776. The molecule has 2 aromatic carbocycles. The van der Waals surface area contributed by atoms with Crippen molar-refractivity contribution in [3.05, 3.63) is 58.6 Å². The van der Waals surface area contributed by atoms with E-state index in [0.717, 1.165) is 5.56 Å². The molecule has 2 rings (SSSR count). The number of primary amides is 1. The van der Waals surface area contributed by atoms with Crippen molar-refractivity contribution in [3.63, 3.8) is 0 Å². The highest BCUT2D eigenvalue weighted by molar-refractivity contribution is 6.31. The molecule has 0 saturated carbocycles. The number of carbonyl (C=O) groups excluding carboxylic acids is 2. The van der Waals surface area contributed by atoms with E-state index in [4.69, 9.17) is 31.5 Å². The molecule has 0 unspecified atom stereocenters. The maximum Gasteiger partial charge on any atom is 0.338 e. The third-order valence-corrected chi connectivity index (χ3v) is 3.45. The van der Waals surface area contributed by atoms with Gasteiger partial charge in [-0.2, -0.15) is 0 Å². The first kappa shape index (κ1) is 17.6. The summed E-state index contributed by atoms with van der Waals surface area (Å²) in [5, 5.41) is 0.600. The number of hydrogen-bond donors (Lipinski definition) is 1. The normalized spacial score (nSPS) is 10.1. The van der Waals surface area contributed by atoms with Crippen LogP contribution in [0.4, 0.5) is 0 Å². The summed E-state index contributed by atoms with van der Waals surface area (Å²) in [7, 11) is 1.45. The van der Waals surface area contributed by atoms with Crippen LogP contribution in [-0.4, -0.2) is 25.6 Å². The molecular weight excluding hydrogens is 334 g/mol. The minimum Gasteiger partial charge on any atom is -0.493 e. The summed E-state index contributed by atoms with van der Waals surface area (Å²) >= 11 is 6.08. The molecule has 0 fully saturated rings. The fourth-order valence-corrected chi connectivity index (χ4v) is 2.10. The highest BCUT2D eigenvalue weighted by atomic mass is 35.5. The molecule has 0 atom stereocenters. The molecule has 7 heteroatoms. The SMILES string of the molecule is COc1cc(C(=O)OCC(N)=O)ccc1OCc1ccccc1Cl. The van der Waals surface area contributed by atoms with Crippen molar-refractivity contribution in [3.8, 4) is 11.5 Å². The average molecular weight is 350 g/mol. The van der Waals surface area contributed by atoms with Crippen LogP contribution in [0.2, 0.25) is 5.02 Å². The molecule has 126 valence electrons. The fourth-order valence-electron chi connectivity index (χ4n) is 1.90. The third-order valence-electron chi connectivity index (χ3n) is 3.09. The summed E-state index contributed by atoms with van der Waals surface area (Å²) in [5.74, 6) is -0.598. The van der Waals surface area contributed by atoms with Gasteiger partial charge >= 0.3 is 5.97 Å². The van der Waals surface area contributed by atoms with Gasteiger partial charge in [-0.05, 0) is 24.3 Å². The highest BCUT2D eigenvalue weighted by Crippen LogP contribution is 2.29. The van der Waals surface area contributed by atoms with E-state index >= 15 is 0 Å². The van der Waals surface area contributed by atoms with Crippen LogP contribution in [0.3, 0.4) is 0 Å². The number of methoxy groups -OCH3 is 1. The summed E-state index contributed by atoms with van der Waals surface area (Å²) in [5.41, 5.74) is 5.98. The van der Waals surface area contributed by atoms with Crippen LogP contribution in [-0.2, 0) is 16.1 Å². The Morgan fingerprint density at radius 2 is 1.88 bits per heavy atom. The Hall–Kier alpha value is -2.73. The zero-order chi connectivity index (χ0) is 17.5. The average Bonchev–Trinajstić information content (AvgIpc) is 2.58. The van der Waals surface area contributed by atoms with Gasteiger partial charge in [0.1, 0.15) is 6.61 Å². The van der Waals surface area contributed by atoms with Gasteiger partial charge in [0.15, 0.2) is 18.1 Å². The van der Waals surface area contributed by atoms with E-state index < -0.39 is 18.5 Å². The van der Waals surface area contributed by atoms with Crippen LogP contribution in [0.5, 0.6) is 11.5 Å². The van der Waals surface area contributed by atoms with E-state index in [1.165, 1.54) is 19.2 Å². The van der Waals surface area contributed by atoms with Crippen molar-refractivity contribution in [2.45, 2.75) is 6.61 Å². The van der Waals surface area contributed by atoms with Crippen molar-refractivity contribution < 1.29 is 23.8 Å². The molecule has 1 amide bonds. The Morgan fingerprint density at radius 3 is 2.54 bits per heavy atom. The van der Waals surface area contributed by atoms with Gasteiger partial charge < -0.3 is 19.9 Å². The summed E-state index contributed by atoms with van der Waals surface area (Å²) in [6.07, 6.45) is 0. The second-order valence-electron chi connectivity index (χ2n) is 4.79. The van der Waals surface area contributed by atoms with Gasteiger partial charge in [-0.3, -0.25) is 4.79 Å². The molecule has 0 aliphatic carbocycles. The summed E-state index contributed by atoms with van der Waals surface area (Å²) in [6.45, 7) is -0.229. The Morgan fingerprint density at radius 1 is 1.12 bits per heavy atom. The van der Waals surface area contributed by atoms with Crippen LogP contribution in [0.1, 0.15) is 15.9 Å². The van der Waals surface area contributed by atoms with Crippen LogP contribution in [0, 0.1) is 0 Å². The Kier molecular flexibility index (Phi) is 6.03. The topological polar surface area (TPSA) is 87.9 Å². The van der Waals surface area contributed by atoms with Gasteiger partial charge in [0.2, 0.25) is 0 Å². The molecular formula is C17H16ClNO5. The van der Waals surface area contributed by atoms with Crippen LogP contribution >= 0.6 is 11.6 Å². The molecule has 6 nitrogen and oxygen atoms in total. The molecule has 24 heavy (non-hydrogen) atoms. The van der Waals surface area contributed by atoms with Gasteiger partial charge in [-0.1, -0.05) is 29.8 Å². The Balaban J connectivity index is 2.10. The van der Waals surface area contributed by atoms with Crippen LogP contribution in [0.25, 0.3) is 0 Å². The number of benzene rings is 2. The molecule has 2 aromatic rings. The van der Waals surface area contributed by atoms with Crippen LogP contribution < -0.4 is 15.2 Å². The highest BCUT2D eigenvalue weighted by Gasteiger charge is 2.13. The van der Waals surface area contributed by atoms with Crippen molar-refractivity contribution >= 4 is 23.5 Å². The monoisotopic (exact) mass is 349 g/mol. The zero-order valence-corrected chi connectivity index (χ0v) is 13.7. The maximum atomic E-state index is 11.8. The van der Waals surface area contributed by atoms with Gasteiger partial charge in [-0.15, -0.1) is 0 Å². The molecule has 0 aliphatic heterocycles. The molecule has 0 aliphatic rings. The van der Waals surface area contributed by atoms with E-state index in [-0.39, 0.29) is 12.2 Å². The molecule has 0 bridgehead atoms. The summed E-state index contributed by atoms with van der Waals surface area (Å²) in [4.78, 5) is 22.5. The first-order valence-corrected chi connectivity index (χ1v) is 7.38. The van der Waals surface area contributed by atoms with Gasteiger partial charge in [0, 0.05) is 10.6 Å². The summed E-state index contributed by atoms with van der Waals surface area (Å²) in [6, 6.07) is 11.9. The molecule has 0 radical (unpaired) electrons. The number of rotatable bonds is 7. The smallest absolute Gasteiger partial charge is 0.338 e. The number of hydrogen-bond acceptors (Lipinski definition) is 5. The van der Waals surface area contributed by atoms with Crippen molar-refractivity contribution in [1.82, 2.24) is 0 Å². The van der Waals surface area contributed by atoms with Gasteiger partial charge in [-0.25, -0.2) is 4.79 Å². The maximum absolute atomic E-state index is 11.8. The number of amides is 1. The molecule has 0 aromatic heterocycles. The standard InChI is InChI=1S/C17H16ClNO5/c1-22-15-8-11(17(21)24-10-16(19)20)6-7-14(15)23-9-12-4-2-3-5-13(12)18/h2-8H,9-10H2,1H3,(H2,19,20). The van der Waals surface area contributed by atoms with Crippen molar-refractivity contribution in [1.29, 1.82) is 0 Å². The van der Waals surface area contributed by atoms with Crippen molar-refractivity contribution in [2.75, 3.05) is 13.7 Å². The first-order valence-electron chi connectivity index (χ1n) is 7.01. The van der Waals surface area contributed by atoms with Gasteiger partial charge in [0.25, 0.3) is 5.91 Å². The van der Waals surface area contributed by atoms with Crippen molar-refractivity contribution in [2.24, 2.45) is 5.73 Å². The zero-order valence-electron chi connectivity index (χ0n) is 13.0. The lowest BCUT2D eigenvalue weighted by molar-refractivity contribution is -0.121. The fraction of sp³-hybridized carbons (Fsp3) is 0.176. The molecule has 2 N–H and O–H groups in total. The second kappa shape index (κ2) is 8.21. The molecule has 0 spiro atoms. The van der Waals surface area contributed by atoms with E-state index in [9.17, 15) is 9.59 Å². The molecule has 0 heterocycles. The lowest BCUT2D eigenvalue weighted by atomic mass is 10.2. The summed E-state index contributed by atoms with van der Waals surface area (Å²) < 4.78 is 15.7. The van der Waals surface area contributed by atoms with E-state index in [1.807, 2.05) is 18.2 Å². The lowest BCUT2D eigenvalue weighted by Gasteiger charge is -2.12. The number of halogens is 1. The number of esters is 1. The molecule has 0 saturated heterocycles. The third kappa shape index (κ3) is 4.63. The predicted octanol–water partition coefficient (Wildman–Crippen LogP) is 2.57. The number of ether oxygens (including phenoxy) is 3. The van der Waals surface area contributed by atoms with E-state index in [1.54, 1.807) is 12.1 Å². The lowest BCUT2D eigenvalue weighted by Crippen LogP contribution is -2.20. The second-order valence-corrected chi connectivity index (χ2v) is 5.20. The first-order chi connectivity index (χ1) is 11.5. The minimum absolute atomic E-state index is 0.221. The van der Waals surface area contributed by atoms with E-state index in [2.05, 4.69) is 0 Å².